The zero-order valence-electron chi connectivity index (χ0n) is 24.4. The van der Waals surface area contributed by atoms with Crippen LogP contribution in [0.5, 0.6) is 5.75 Å². The number of hydrogen-bond donors (Lipinski definition) is 1. The largest absolute Gasteiger partial charge is 0.485 e. The Kier molecular flexibility index (Phi) is 6.82. The molecule has 4 atom stereocenters. The van der Waals surface area contributed by atoms with Gasteiger partial charge in [0.25, 0.3) is 0 Å². The lowest BCUT2D eigenvalue weighted by molar-refractivity contribution is 0.269. The van der Waals surface area contributed by atoms with E-state index in [4.69, 9.17) is 4.74 Å². The van der Waals surface area contributed by atoms with Crippen LogP contribution in [-0.2, 0) is 0 Å². The van der Waals surface area contributed by atoms with E-state index in [0.717, 1.165) is 38.0 Å². The number of rotatable bonds is 4. The second kappa shape index (κ2) is 10.8. The highest BCUT2D eigenvalue weighted by atomic mass is 16.5. The number of nitrogens with zero attached hydrogens (tertiary/aromatic N) is 1. The van der Waals surface area contributed by atoms with Gasteiger partial charge in [0.2, 0.25) is 0 Å². The zero-order chi connectivity index (χ0) is 27.9. The molecule has 41 heavy (non-hydrogen) atoms. The molecule has 3 heteroatoms. The van der Waals surface area contributed by atoms with E-state index < -0.39 is 0 Å². The Morgan fingerprint density at radius 1 is 0.878 bits per heavy atom. The first kappa shape index (κ1) is 26.0. The molecule has 6 aliphatic rings. The lowest BCUT2D eigenvalue weighted by Crippen LogP contribution is -2.42. The molecule has 1 N–H and O–H groups in total. The van der Waals surface area contributed by atoms with Gasteiger partial charge in [-0.25, -0.2) is 0 Å². The van der Waals surface area contributed by atoms with Crippen molar-refractivity contribution in [3.05, 3.63) is 142 Å². The summed E-state index contributed by atoms with van der Waals surface area (Å²) in [7, 11) is 0. The summed E-state index contributed by atoms with van der Waals surface area (Å²) < 4.78 is 6.28. The second-order valence-electron chi connectivity index (χ2n) is 12.1. The molecule has 1 aromatic carbocycles. The van der Waals surface area contributed by atoms with Gasteiger partial charge in [-0.1, -0.05) is 78.0 Å². The standard InChI is InChI=1S/C38H40N2O/c1-25-22-26(2)38-34(39-30-18-16-29(17-19-30)28-10-5-4-6-11-28)13-9-14-35(38)40(24-27(25)3)31-20-21-37-33(23-31)32-12-7-8-15-36(32)41-37/h5,7-13,15-18,20-23,30,32,35-36,39H,4,6,14,19,24H2,1-3H3/b26-22+,27-25-. The number of fused-ring (bicyclic) bond motifs is 4. The summed E-state index contributed by atoms with van der Waals surface area (Å²) in [5, 5.41) is 3.94. The van der Waals surface area contributed by atoms with Gasteiger partial charge in [-0.05, 0) is 93.5 Å². The van der Waals surface area contributed by atoms with Gasteiger partial charge >= 0.3 is 0 Å². The van der Waals surface area contributed by atoms with Crippen molar-refractivity contribution in [3.8, 4) is 5.75 Å². The van der Waals surface area contributed by atoms with Crippen LogP contribution < -0.4 is 15.0 Å². The van der Waals surface area contributed by atoms with Crippen LogP contribution in [0.1, 0.15) is 57.9 Å². The van der Waals surface area contributed by atoms with Crippen molar-refractivity contribution < 1.29 is 4.74 Å². The summed E-state index contributed by atoms with van der Waals surface area (Å²) in [6.07, 6.45) is 34.1. The number of benzene rings is 1. The molecule has 0 saturated carbocycles. The Balaban J connectivity index is 1.21. The molecule has 4 aliphatic carbocycles. The van der Waals surface area contributed by atoms with Gasteiger partial charge in [0, 0.05) is 41.0 Å². The molecule has 0 amide bonds. The smallest absolute Gasteiger partial charge is 0.128 e. The molecule has 7 rings (SSSR count). The molecular formula is C38H40N2O. The van der Waals surface area contributed by atoms with Crippen molar-refractivity contribution in [2.24, 2.45) is 0 Å². The van der Waals surface area contributed by atoms with E-state index in [2.05, 4.69) is 128 Å². The van der Waals surface area contributed by atoms with Crippen LogP contribution in [0.3, 0.4) is 0 Å². The number of hydrogen-bond acceptors (Lipinski definition) is 3. The van der Waals surface area contributed by atoms with Crippen LogP contribution in [0.4, 0.5) is 5.69 Å². The van der Waals surface area contributed by atoms with E-state index in [-0.39, 0.29) is 18.2 Å². The highest BCUT2D eigenvalue weighted by Gasteiger charge is 2.35. The fourth-order valence-electron chi connectivity index (χ4n) is 7.05. The molecule has 0 bridgehead atoms. The van der Waals surface area contributed by atoms with Crippen LogP contribution in [0.15, 0.2) is 136 Å². The van der Waals surface area contributed by atoms with Crippen molar-refractivity contribution >= 4 is 5.69 Å². The highest BCUT2D eigenvalue weighted by Crippen LogP contribution is 2.44. The molecule has 0 radical (unpaired) electrons. The van der Waals surface area contributed by atoms with Crippen molar-refractivity contribution in [3.63, 3.8) is 0 Å². The predicted molar refractivity (Wildman–Crippen MR) is 171 cm³/mol. The normalized spacial score (nSPS) is 31.3. The Labute approximate surface area is 245 Å². The Bertz CT molecular complexity index is 1570. The van der Waals surface area contributed by atoms with Crippen LogP contribution in [0, 0.1) is 0 Å². The summed E-state index contributed by atoms with van der Waals surface area (Å²) in [6.45, 7) is 7.74. The van der Waals surface area contributed by atoms with E-state index in [1.165, 1.54) is 50.4 Å². The topological polar surface area (TPSA) is 24.5 Å². The lowest BCUT2D eigenvalue weighted by atomic mass is 9.85. The van der Waals surface area contributed by atoms with Gasteiger partial charge < -0.3 is 15.0 Å². The van der Waals surface area contributed by atoms with E-state index in [1.54, 1.807) is 0 Å². The Morgan fingerprint density at radius 3 is 2.59 bits per heavy atom. The van der Waals surface area contributed by atoms with Crippen LogP contribution in [0.25, 0.3) is 0 Å². The summed E-state index contributed by atoms with van der Waals surface area (Å²) in [6, 6.07) is 7.38. The fraction of sp³-hybridized carbons (Fsp3) is 0.316. The summed E-state index contributed by atoms with van der Waals surface area (Å²) in [5.41, 5.74) is 12.1. The van der Waals surface area contributed by atoms with Crippen molar-refractivity contribution in [2.75, 3.05) is 11.4 Å². The molecular weight excluding hydrogens is 500 g/mol. The third-order valence-electron chi connectivity index (χ3n) is 9.38. The van der Waals surface area contributed by atoms with E-state index in [1.807, 2.05) is 0 Å². The van der Waals surface area contributed by atoms with Gasteiger partial charge in [-0.3, -0.25) is 0 Å². The minimum absolute atomic E-state index is 0.110. The average molecular weight is 541 g/mol. The molecule has 0 aromatic heterocycles. The first-order valence-corrected chi connectivity index (χ1v) is 15.2. The van der Waals surface area contributed by atoms with E-state index in [9.17, 15) is 0 Å². The number of anilines is 1. The zero-order valence-corrected chi connectivity index (χ0v) is 24.4. The van der Waals surface area contributed by atoms with Gasteiger partial charge in [0.15, 0.2) is 0 Å². The highest BCUT2D eigenvalue weighted by molar-refractivity contribution is 5.63. The lowest BCUT2D eigenvalue weighted by Gasteiger charge is -2.40. The summed E-state index contributed by atoms with van der Waals surface area (Å²) >= 11 is 0. The average Bonchev–Trinajstić information content (AvgIpc) is 3.38. The second-order valence-corrected chi connectivity index (χ2v) is 12.1. The molecule has 2 aliphatic heterocycles. The van der Waals surface area contributed by atoms with Crippen LogP contribution in [-0.4, -0.2) is 24.7 Å². The van der Waals surface area contributed by atoms with Crippen molar-refractivity contribution in [1.29, 1.82) is 0 Å². The molecule has 0 saturated heterocycles. The number of allylic oxidation sites excluding steroid dienone is 11. The quantitative estimate of drug-likeness (QED) is 0.415. The van der Waals surface area contributed by atoms with E-state index >= 15 is 0 Å². The number of ether oxygens (including phenoxy) is 1. The van der Waals surface area contributed by atoms with E-state index in [0.29, 0.717) is 5.92 Å². The van der Waals surface area contributed by atoms with Gasteiger partial charge in [-0.2, -0.15) is 0 Å². The van der Waals surface area contributed by atoms with Gasteiger partial charge in [0.1, 0.15) is 11.9 Å². The molecule has 0 fully saturated rings. The fourth-order valence-corrected chi connectivity index (χ4v) is 7.05. The number of nitrogens with one attached hydrogen (secondary N) is 1. The minimum atomic E-state index is 0.110. The Morgan fingerprint density at radius 2 is 1.76 bits per heavy atom. The maximum atomic E-state index is 6.28. The maximum Gasteiger partial charge on any atom is 0.128 e. The van der Waals surface area contributed by atoms with Crippen molar-refractivity contribution in [1.82, 2.24) is 5.32 Å². The molecule has 4 unspecified atom stereocenters. The van der Waals surface area contributed by atoms with Gasteiger partial charge in [-0.15, -0.1) is 0 Å². The predicted octanol–water partition coefficient (Wildman–Crippen LogP) is 8.46. The minimum Gasteiger partial charge on any atom is -0.485 e. The Hall–Kier alpha value is -3.98. The monoisotopic (exact) mass is 540 g/mol. The molecule has 2 heterocycles. The first-order valence-electron chi connectivity index (χ1n) is 15.2. The van der Waals surface area contributed by atoms with Gasteiger partial charge in [0.05, 0.1) is 6.04 Å². The molecule has 0 spiro atoms. The first-order chi connectivity index (χ1) is 20.0. The molecule has 208 valence electrons. The third kappa shape index (κ3) is 4.92. The molecule has 3 nitrogen and oxygen atoms in total. The summed E-state index contributed by atoms with van der Waals surface area (Å²) in [5.74, 6) is 1.31. The van der Waals surface area contributed by atoms with Crippen LogP contribution in [0.2, 0.25) is 0 Å². The SMILES string of the molecule is CC1=C(\C)CN(c2ccc3c(c2)C2C=CC=CC2O3)C2CC=CC(NC3C=CC(C4=CCCC=C4)=CC3)=C2\C(C)=C\1. The maximum absolute atomic E-state index is 6.28. The summed E-state index contributed by atoms with van der Waals surface area (Å²) in [4.78, 5) is 2.63. The van der Waals surface area contributed by atoms with Crippen molar-refractivity contribution in [2.45, 2.75) is 70.6 Å². The molecule has 1 aromatic rings. The van der Waals surface area contributed by atoms with Crippen LogP contribution >= 0.6 is 0 Å². The third-order valence-corrected chi connectivity index (χ3v) is 9.38.